The average Bonchev–Trinajstić information content (AvgIpc) is 2.22. The van der Waals surface area contributed by atoms with Crippen molar-refractivity contribution in [3.05, 3.63) is 24.3 Å². The van der Waals surface area contributed by atoms with Crippen molar-refractivity contribution < 1.29 is 5.11 Å². The van der Waals surface area contributed by atoms with Crippen LogP contribution in [0.3, 0.4) is 0 Å². The molecule has 0 bridgehead atoms. The molecular weight excluding hydrogens is 198 g/mol. The Labute approximate surface area is 99.7 Å². The van der Waals surface area contributed by atoms with E-state index < -0.39 is 0 Å². The first-order chi connectivity index (χ1) is 7.72. The van der Waals surface area contributed by atoms with Crippen molar-refractivity contribution in [3.63, 3.8) is 0 Å². The molecule has 1 aliphatic rings. The molecule has 92 valence electrons. The van der Waals surface area contributed by atoms with E-state index in [4.69, 9.17) is 0 Å². The van der Waals surface area contributed by atoms with E-state index in [0.29, 0.717) is 0 Å². The van der Waals surface area contributed by atoms with E-state index in [2.05, 4.69) is 43.3 Å². The lowest BCUT2D eigenvalue weighted by Crippen LogP contribution is -2.38. The number of nitrogens with zero attached hydrogens (tertiary/aromatic N) is 1. The first kappa shape index (κ1) is 13.5. The Morgan fingerprint density at radius 3 is 1.94 bits per heavy atom. The van der Waals surface area contributed by atoms with Gasteiger partial charge in [0.05, 0.1) is 6.10 Å². The number of hydrogen-bond acceptors (Lipinski definition) is 2. The summed E-state index contributed by atoms with van der Waals surface area (Å²) < 4.78 is 0. The molecular formula is C14H25NO. The maximum Gasteiger partial charge on any atom is 0.0698 e. The second kappa shape index (κ2) is 7.64. The van der Waals surface area contributed by atoms with Crippen LogP contribution in [0.15, 0.2) is 24.3 Å². The quantitative estimate of drug-likeness (QED) is 0.691. The Kier molecular flexibility index (Phi) is 6.43. The zero-order chi connectivity index (χ0) is 11.8. The molecule has 0 spiro atoms. The van der Waals surface area contributed by atoms with E-state index in [9.17, 15) is 5.11 Å². The molecule has 2 heteroatoms. The van der Waals surface area contributed by atoms with Crippen molar-refractivity contribution in [3.8, 4) is 0 Å². The van der Waals surface area contributed by atoms with Crippen molar-refractivity contribution in [2.75, 3.05) is 14.1 Å². The summed E-state index contributed by atoms with van der Waals surface area (Å²) in [5.41, 5.74) is 0. The standard InChI is InChI=1S/C14H25NO/c1-15(2)13-11-9-7-5-3-4-6-8-10-12-14(13)16/h5-8,13-14,16H,3-4,9-12H2,1-2H3/b7-5+,8-6+/t13-,14+/m0/s1. The SMILES string of the molecule is CN(C)[C@H]1CC/C=C/CC/C=C/CC[C@H]1O. The molecule has 1 N–H and O–H groups in total. The van der Waals surface area contributed by atoms with Crippen LogP contribution in [0.25, 0.3) is 0 Å². The average molecular weight is 223 g/mol. The summed E-state index contributed by atoms with van der Waals surface area (Å²) in [7, 11) is 4.11. The van der Waals surface area contributed by atoms with Crippen molar-refractivity contribution in [1.82, 2.24) is 4.90 Å². The third kappa shape index (κ3) is 4.95. The fourth-order valence-corrected chi connectivity index (χ4v) is 2.18. The van der Waals surface area contributed by atoms with E-state index in [1.54, 1.807) is 0 Å². The minimum Gasteiger partial charge on any atom is -0.391 e. The van der Waals surface area contributed by atoms with Crippen LogP contribution < -0.4 is 0 Å². The van der Waals surface area contributed by atoms with Crippen LogP contribution in [-0.2, 0) is 0 Å². The van der Waals surface area contributed by atoms with Crippen LogP contribution in [-0.4, -0.2) is 36.2 Å². The van der Waals surface area contributed by atoms with Crippen LogP contribution >= 0.6 is 0 Å². The normalized spacial score (nSPS) is 32.8. The third-order valence-corrected chi connectivity index (χ3v) is 3.20. The van der Waals surface area contributed by atoms with Crippen LogP contribution in [0.5, 0.6) is 0 Å². The Hall–Kier alpha value is -0.600. The van der Waals surface area contributed by atoms with Gasteiger partial charge in [0, 0.05) is 6.04 Å². The Morgan fingerprint density at radius 2 is 1.38 bits per heavy atom. The number of hydrogen-bond donors (Lipinski definition) is 1. The summed E-state index contributed by atoms with van der Waals surface area (Å²) in [5.74, 6) is 0. The predicted molar refractivity (Wildman–Crippen MR) is 69.5 cm³/mol. The molecule has 0 aliphatic heterocycles. The van der Waals surface area contributed by atoms with Gasteiger partial charge in [0.25, 0.3) is 0 Å². The summed E-state index contributed by atoms with van der Waals surface area (Å²) in [6.45, 7) is 0. The molecule has 2 nitrogen and oxygen atoms in total. The molecule has 0 saturated heterocycles. The Morgan fingerprint density at radius 1 is 0.875 bits per heavy atom. The Bertz CT molecular complexity index is 233. The van der Waals surface area contributed by atoms with Gasteiger partial charge in [-0.3, -0.25) is 0 Å². The summed E-state index contributed by atoms with van der Waals surface area (Å²) in [6.07, 6.45) is 15.0. The molecule has 0 unspecified atom stereocenters. The van der Waals surface area contributed by atoms with Crippen LogP contribution in [0.4, 0.5) is 0 Å². The van der Waals surface area contributed by atoms with Crippen LogP contribution in [0, 0.1) is 0 Å². The predicted octanol–water partition coefficient (Wildman–Crippen LogP) is 2.74. The molecule has 0 fully saturated rings. The van der Waals surface area contributed by atoms with Crippen molar-refractivity contribution in [1.29, 1.82) is 0 Å². The fourth-order valence-electron chi connectivity index (χ4n) is 2.18. The van der Waals surface area contributed by atoms with E-state index in [0.717, 1.165) is 38.5 Å². The lowest BCUT2D eigenvalue weighted by molar-refractivity contribution is 0.0656. The molecule has 1 rings (SSSR count). The topological polar surface area (TPSA) is 23.5 Å². The van der Waals surface area contributed by atoms with E-state index in [1.807, 2.05) is 0 Å². The Balaban J connectivity index is 2.55. The van der Waals surface area contributed by atoms with Gasteiger partial charge < -0.3 is 10.0 Å². The van der Waals surface area contributed by atoms with Gasteiger partial charge in [-0.15, -0.1) is 0 Å². The molecule has 0 saturated carbocycles. The first-order valence-electron chi connectivity index (χ1n) is 6.36. The van der Waals surface area contributed by atoms with Gasteiger partial charge in [-0.05, 0) is 52.6 Å². The summed E-state index contributed by atoms with van der Waals surface area (Å²) in [5, 5.41) is 10.1. The highest BCUT2D eigenvalue weighted by Gasteiger charge is 2.19. The largest absolute Gasteiger partial charge is 0.391 e. The van der Waals surface area contributed by atoms with Gasteiger partial charge >= 0.3 is 0 Å². The second-order valence-corrected chi connectivity index (χ2v) is 4.77. The molecule has 1 aliphatic carbocycles. The van der Waals surface area contributed by atoms with Gasteiger partial charge in [0.1, 0.15) is 0 Å². The molecule has 0 amide bonds. The highest BCUT2D eigenvalue weighted by Crippen LogP contribution is 2.14. The highest BCUT2D eigenvalue weighted by atomic mass is 16.3. The maximum absolute atomic E-state index is 10.1. The van der Waals surface area contributed by atoms with Gasteiger partial charge in [0.15, 0.2) is 0 Å². The molecule has 0 heterocycles. The second-order valence-electron chi connectivity index (χ2n) is 4.77. The maximum atomic E-state index is 10.1. The molecule has 0 aromatic carbocycles. The van der Waals surface area contributed by atoms with Gasteiger partial charge in [-0.1, -0.05) is 24.3 Å². The number of rotatable bonds is 1. The number of aliphatic hydroxyl groups is 1. The number of likely N-dealkylation sites (N-methyl/N-ethyl adjacent to an activating group) is 1. The van der Waals surface area contributed by atoms with Crippen LogP contribution in [0.2, 0.25) is 0 Å². The molecule has 0 aromatic rings. The van der Waals surface area contributed by atoms with Gasteiger partial charge in [0.2, 0.25) is 0 Å². The monoisotopic (exact) mass is 223 g/mol. The zero-order valence-corrected chi connectivity index (χ0v) is 10.6. The summed E-state index contributed by atoms with van der Waals surface area (Å²) in [4.78, 5) is 2.15. The fraction of sp³-hybridized carbons (Fsp3) is 0.714. The summed E-state index contributed by atoms with van der Waals surface area (Å²) in [6, 6.07) is 0.289. The lowest BCUT2D eigenvalue weighted by Gasteiger charge is -2.28. The van der Waals surface area contributed by atoms with Gasteiger partial charge in [-0.25, -0.2) is 0 Å². The van der Waals surface area contributed by atoms with Gasteiger partial charge in [-0.2, -0.15) is 0 Å². The molecule has 0 aromatic heterocycles. The van der Waals surface area contributed by atoms with Crippen LogP contribution in [0.1, 0.15) is 38.5 Å². The van der Waals surface area contributed by atoms with E-state index in [1.165, 1.54) is 0 Å². The molecule has 2 atom stereocenters. The molecule has 0 radical (unpaired) electrons. The van der Waals surface area contributed by atoms with E-state index in [-0.39, 0.29) is 12.1 Å². The zero-order valence-electron chi connectivity index (χ0n) is 10.6. The lowest BCUT2D eigenvalue weighted by atomic mass is 9.99. The minimum atomic E-state index is -0.201. The van der Waals surface area contributed by atoms with E-state index >= 15 is 0 Å². The smallest absolute Gasteiger partial charge is 0.0698 e. The number of allylic oxidation sites excluding steroid dienone is 4. The highest BCUT2D eigenvalue weighted by molar-refractivity contribution is 4.91. The number of aliphatic hydroxyl groups excluding tert-OH is 1. The molecule has 16 heavy (non-hydrogen) atoms. The minimum absolute atomic E-state index is 0.201. The van der Waals surface area contributed by atoms with Crippen molar-refractivity contribution >= 4 is 0 Å². The first-order valence-corrected chi connectivity index (χ1v) is 6.36. The van der Waals surface area contributed by atoms with Crippen molar-refractivity contribution in [2.24, 2.45) is 0 Å². The third-order valence-electron chi connectivity index (χ3n) is 3.20. The summed E-state index contributed by atoms with van der Waals surface area (Å²) >= 11 is 0. The van der Waals surface area contributed by atoms with Crippen molar-refractivity contribution in [2.45, 2.75) is 50.7 Å².